The lowest BCUT2D eigenvalue weighted by Crippen LogP contribution is -2.50. The minimum absolute atomic E-state index is 0.102. The molecule has 1 fully saturated rings. The van der Waals surface area contributed by atoms with Crippen molar-refractivity contribution in [2.45, 2.75) is 18.0 Å². The summed E-state index contributed by atoms with van der Waals surface area (Å²) in [6, 6.07) is 20.3. The van der Waals surface area contributed by atoms with Crippen molar-refractivity contribution in [2.75, 3.05) is 29.9 Å². The molecule has 5 rings (SSSR count). The van der Waals surface area contributed by atoms with Crippen molar-refractivity contribution in [3.63, 3.8) is 0 Å². The number of anilines is 3. The van der Waals surface area contributed by atoms with Crippen LogP contribution in [0.1, 0.15) is 22.7 Å². The summed E-state index contributed by atoms with van der Waals surface area (Å²) in [7, 11) is 1.71. The molecular weight excluding hydrogens is 489 g/mol. The highest BCUT2D eigenvalue weighted by atomic mass is 32.2. The number of hydrogen-bond donors (Lipinski definition) is 2. The van der Waals surface area contributed by atoms with E-state index >= 15 is 0 Å². The zero-order chi connectivity index (χ0) is 25.9. The molecule has 1 aliphatic heterocycles. The van der Waals surface area contributed by atoms with Crippen LogP contribution < -0.4 is 10.2 Å². The average molecular weight is 518 g/mol. The van der Waals surface area contributed by atoms with Gasteiger partial charge in [0.15, 0.2) is 0 Å². The van der Waals surface area contributed by atoms with E-state index in [1.54, 1.807) is 25.4 Å². The number of nitrogens with zero attached hydrogens (tertiary/aromatic N) is 5. The summed E-state index contributed by atoms with van der Waals surface area (Å²) in [6.07, 6.45) is 2.86. The van der Waals surface area contributed by atoms with Crippen LogP contribution in [0.25, 0.3) is 0 Å². The Kier molecular flexibility index (Phi) is 7.22. The summed E-state index contributed by atoms with van der Waals surface area (Å²) >= 11 is -1.44. The Morgan fingerprint density at radius 1 is 1.11 bits per heavy atom. The molecule has 0 aliphatic carbocycles. The first-order chi connectivity index (χ1) is 17.9. The second-order valence-corrected chi connectivity index (χ2v) is 10.4. The van der Waals surface area contributed by atoms with Gasteiger partial charge in [0.05, 0.1) is 19.1 Å². The van der Waals surface area contributed by atoms with Gasteiger partial charge >= 0.3 is 5.03 Å². The molecular formula is C27H28FN7OS. The Labute approximate surface area is 218 Å². The maximum absolute atomic E-state index is 13.4. The van der Waals surface area contributed by atoms with Gasteiger partial charge in [-0.3, -0.25) is 0 Å². The van der Waals surface area contributed by atoms with E-state index in [4.69, 9.17) is 5.41 Å². The lowest BCUT2D eigenvalue weighted by atomic mass is 9.94. The topological polar surface area (TPSA) is 96.1 Å². The Bertz CT molecular complexity index is 1380. The van der Waals surface area contributed by atoms with Crippen LogP contribution in [-0.4, -0.2) is 49.7 Å². The summed E-state index contributed by atoms with van der Waals surface area (Å²) in [5.74, 6) is -0.300. The van der Waals surface area contributed by atoms with Crippen LogP contribution in [0.2, 0.25) is 0 Å². The summed E-state index contributed by atoms with van der Waals surface area (Å²) in [5, 5.41) is 20.2. The number of aryl methyl sites for hydroxylation is 2. The number of hydrogen-bond acceptors (Lipinski definition) is 7. The van der Waals surface area contributed by atoms with Gasteiger partial charge in [0.25, 0.3) is 0 Å². The molecule has 1 aromatic heterocycles. The Hall–Kier alpha value is -3.73. The molecule has 2 heterocycles. The molecule has 10 heteroatoms. The third kappa shape index (κ3) is 5.36. The van der Waals surface area contributed by atoms with Crippen LogP contribution in [0.3, 0.4) is 0 Å². The molecule has 0 radical (unpaired) electrons. The highest BCUT2D eigenvalue weighted by Gasteiger charge is 2.37. The van der Waals surface area contributed by atoms with Crippen LogP contribution in [0.4, 0.5) is 21.5 Å². The predicted octanol–water partition coefficient (Wildman–Crippen LogP) is 4.59. The van der Waals surface area contributed by atoms with Crippen molar-refractivity contribution < 1.29 is 8.94 Å². The summed E-state index contributed by atoms with van der Waals surface area (Å²) in [5.41, 5.74) is 5.39. The van der Waals surface area contributed by atoms with Gasteiger partial charge in [0.2, 0.25) is 0 Å². The smallest absolute Gasteiger partial charge is 0.304 e. The van der Waals surface area contributed by atoms with E-state index in [-0.39, 0.29) is 11.9 Å². The van der Waals surface area contributed by atoms with Crippen molar-refractivity contribution >= 4 is 34.6 Å². The van der Waals surface area contributed by atoms with Gasteiger partial charge in [-0.15, -0.1) is 9.40 Å². The first-order valence-corrected chi connectivity index (χ1v) is 13.1. The fourth-order valence-corrected chi connectivity index (χ4v) is 5.77. The molecule has 3 aromatic carbocycles. The second kappa shape index (κ2) is 10.7. The van der Waals surface area contributed by atoms with E-state index in [0.717, 1.165) is 28.2 Å². The Morgan fingerprint density at radius 2 is 1.86 bits per heavy atom. The quantitative estimate of drug-likeness (QED) is 0.275. The SMILES string of the molecule is Cc1cc(Nc2ccc(F)cc2)c(C=N)cc1C1CN([S+]([O-])c2cnn(C)n2)CCN1c1ccccc1. The first-order valence-electron chi connectivity index (χ1n) is 12.0. The third-order valence-corrected chi connectivity index (χ3v) is 7.84. The molecule has 1 aliphatic rings. The maximum atomic E-state index is 13.4. The highest BCUT2D eigenvalue weighted by molar-refractivity contribution is 7.89. The Balaban J connectivity index is 1.50. The molecule has 2 unspecified atom stereocenters. The van der Waals surface area contributed by atoms with Gasteiger partial charge in [-0.05, 0) is 66.6 Å². The average Bonchev–Trinajstić information content (AvgIpc) is 3.36. The monoisotopic (exact) mass is 517 g/mol. The van der Waals surface area contributed by atoms with E-state index < -0.39 is 11.4 Å². The highest BCUT2D eigenvalue weighted by Crippen LogP contribution is 2.36. The standard InChI is InChI=1S/C27H28FN7OS/c1-19-14-25(31-22-10-8-21(28)9-11-22)20(16-29)15-24(19)26-18-34(37(36)27-17-30-33(2)32-27)12-13-35(26)23-6-4-3-5-7-23/h3-11,14-17,26,29,31H,12-13,18H2,1-2H3. The van der Waals surface area contributed by atoms with Gasteiger partial charge in [-0.2, -0.15) is 9.90 Å². The van der Waals surface area contributed by atoms with E-state index in [1.807, 2.05) is 41.6 Å². The van der Waals surface area contributed by atoms with Crippen LogP contribution >= 0.6 is 0 Å². The number of rotatable bonds is 7. The molecule has 0 saturated carbocycles. The zero-order valence-electron chi connectivity index (χ0n) is 20.6. The molecule has 0 bridgehead atoms. The largest absolute Gasteiger partial charge is 0.591 e. The first kappa shape index (κ1) is 24.9. The molecule has 1 saturated heterocycles. The van der Waals surface area contributed by atoms with Crippen LogP contribution in [-0.2, 0) is 18.4 Å². The van der Waals surface area contributed by atoms with Gasteiger partial charge in [0, 0.05) is 42.4 Å². The number of piperazine rings is 1. The fourth-order valence-electron chi connectivity index (χ4n) is 4.66. The number of halogens is 1. The molecule has 8 nitrogen and oxygen atoms in total. The maximum Gasteiger partial charge on any atom is 0.304 e. The van der Waals surface area contributed by atoms with Crippen molar-refractivity contribution in [3.05, 3.63) is 95.4 Å². The molecule has 4 aromatic rings. The van der Waals surface area contributed by atoms with Gasteiger partial charge in [-0.25, -0.2) is 4.39 Å². The van der Waals surface area contributed by atoms with Crippen LogP contribution in [0, 0.1) is 18.2 Å². The third-order valence-electron chi connectivity index (χ3n) is 6.50. The summed E-state index contributed by atoms with van der Waals surface area (Å²) in [4.78, 5) is 3.74. The van der Waals surface area contributed by atoms with E-state index in [2.05, 4.69) is 32.5 Å². The van der Waals surface area contributed by atoms with Crippen molar-refractivity contribution in [1.29, 1.82) is 5.41 Å². The molecule has 0 spiro atoms. The second-order valence-electron chi connectivity index (χ2n) is 8.93. The minimum Gasteiger partial charge on any atom is -0.591 e. The number of aromatic nitrogens is 3. The molecule has 190 valence electrons. The van der Waals surface area contributed by atoms with E-state index in [0.29, 0.717) is 30.2 Å². The lowest BCUT2D eigenvalue weighted by Gasteiger charge is -2.42. The number of para-hydroxylation sites is 1. The van der Waals surface area contributed by atoms with E-state index in [1.165, 1.54) is 23.1 Å². The van der Waals surface area contributed by atoms with Gasteiger partial charge in [0.1, 0.15) is 23.4 Å². The number of nitrogens with one attached hydrogen (secondary N) is 2. The van der Waals surface area contributed by atoms with E-state index in [9.17, 15) is 8.94 Å². The van der Waals surface area contributed by atoms with Gasteiger partial charge < -0.3 is 20.2 Å². The van der Waals surface area contributed by atoms with Crippen molar-refractivity contribution in [2.24, 2.45) is 7.05 Å². The lowest BCUT2D eigenvalue weighted by molar-refractivity contribution is 0.333. The molecule has 0 amide bonds. The van der Waals surface area contributed by atoms with Gasteiger partial charge in [-0.1, -0.05) is 18.2 Å². The molecule has 37 heavy (non-hydrogen) atoms. The minimum atomic E-state index is -1.44. The predicted molar refractivity (Wildman–Crippen MR) is 144 cm³/mol. The number of benzene rings is 3. The molecule has 2 atom stereocenters. The zero-order valence-corrected chi connectivity index (χ0v) is 21.5. The van der Waals surface area contributed by atoms with Crippen molar-refractivity contribution in [1.82, 2.24) is 19.3 Å². The van der Waals surface area contributed by atoms with Crippen molar-refractivity contribution in [3.8, 4) is 0 Å². The Morgan fingerprint density at radius 3 is 2.54 bits per heavy atom. The summed E-state index contributed by atoms with van der Waals surface area (Å²) < 4.78 is 28.7. The van der Waals surface area contributed by atoms with Crippen LogP contribution in [0.5, 0.6) is 0 Å². The normalized spacial score (nSPS) is 17.0. The fraction of sp³-hybridized carbons (Fsp3) is 0.222. The summed E-state index contributed by atoms with van der Waals surface area (Å²) in [6.45, 7) is 3.84. The van der Waals surface area contributed by atoms with Crippen LogP contribution in [0.15, 0.2) is 78.0 Å². The molecule has 2 N–H and O–H groups in total.